The van der Waals surface area contributed by atoms with Crippen molar-refractivity contribution in [2.75, 3.05) is 24.6 Å². The van der Waals surface area contributed by atoms with Gasteiger partial charge in [-0.2, -0.15) is 0 Å². The highest BCUT2D eigenvalue weighted by Gasteiger charge is 2.75. The van der Waals surface area contributed by atoms with Gasteiger partial charge in [-0.05, 0) is 55.5 Å². The molecule has 10 heteroatoms. The predicted octanol–water partition coefficient (Wildman–Crippen LogP) is 3.52. The molecule has 0 saturated carbocycles. The third-order valence-electron chi connectivity index (χ3n) is 9.42. The van der Waals surface area contributed by atoms with Gasteiger partial charge in [0, 0.05) is 18.7 Å². The van der Waals surface area contributed by atoms with Crippen molar-refractivity contribution in [3.05, 3.63) is 67.8 Å². The summed E-state index contributed by atoms with van der Waals surface area (Å²) in [7, 11) is 0. The number of nitrogens with zero attached hydrogens (tertiary/aromatic N) is 2. The second-order valence-corrected chi connectivity index (χ2v) is 12.2. The van der Waals surface area contributed by atoms with E-state index in [0.717, 1.165) is 10.8 Å². The van der Waals surface area contributed by atoms with E-state index in [-0.39, 0.29) is 37.4 Å². The van der Waals surface area contributed by atoms with Crippen LogP contribution in [0, 0.1) is 11.8 Å². The van der Waals surface area contributed by atoms with Crippen LogP contribution < -0.4 is 10.2 Å². The number of aliphatic hydroxyl groups is 1. The zero-order valence-corrected chi connectivity index (χ0v) is 26.0. The number of hydrogen-bond donors (Lipinski definition) is 2. The van der Waals surface area contributed by atoms with Crippen molar-refractivity contribution >= 4 is 40.2 Å². The van der Waals surface area contributed by atoms with E-state index in [9.17, 15) is 24.3 Å². The van der Waals surface area contributed by atoms with Crippen molar-refractivity contribution in [2.24, 2.45) is 11.8 Å². The number of benzene rings is 2. The van der Waals surface area contributed by atoms with Crippen molar-refractivity contribution in [1.29, 1.82) is 0 Å². The third-order valence-corrected chi connectivity index (χ3v) is 9.42. The van der Waals surface area contributed by atoms with Crippen LogP contribution in [0.15, 0.2) is 67.8 Å². The van der Waals surface area contributed by atoms with Crippen molar-refractivity contribution in [1.82, 2.24) is 10.2 Å². The molecule has 3 aliphatic rings. The molecule has 3 aliphatic heterocycles. The minimum absolute atomic E-state index is 0.127. The fraction of sp³-hybridized carbons (Fsp3) is 0.486. The molecule has 5 rings (SSSR count). The highest BCUT2D eigenvalue weighted by Crippen LogP contribution is 2.59. The molecule has 0 aromatic heterocycles. The van der Waals surface area contributed by atoms with Crippen LogP contribution in [0.2, 0.25) is 0 Å². The average Bonchev–Trinajstić information content (AvgIpc) is 3.69. The summed E-state index contributed by atoms with van der Waals surface area (Å²) in [5.74, 6) is -3.34. The molecule has 3 fully saturated rings. The minimum atomic E-state index is -1.25. The maximum atomic E-state index is 14.7. The smallest absolute Gasteiger partial charge is 0.312 e. The standard InChI is InChI=1S/C35H43N3O7/c1-5-8-13-28(40)36-20-22(4)44-34(43)29-27-16-17-35(45-27)30(29)32(41)38(25(7-3)21-39)31(35)33(42)37(18-6-2)26-15-14-23-11-9-10-12-24(23)19-26/h5-6,9-12,14-15,19,22,25,27,29-31,39H,1-2,7-8,13,16-18,20-21H2,3-4H3,(H,36,40)/t22-,25-,27-,29+,30+,31-,35+/m0/s1. The summed E-state index contributed by atoms with van der Waals surface area (Å²) in [6.07, 6.45) is 4.22. The number of allylic oxidation sites excluding steroid dienone is 1. The van der Waals surface area contributed by atoms with E-state index >= 15 is 0 Å². The summed E-state index contributed by atoms with van der Waals surface area (Å²) in [6.45, 7) is 11.0. The van der Waals surface area contributed by atoms with E-state index in [1.54, 1.807) is 24.0 Å². The summed E-state index contributed by atoms with van der Waals surface area (Å²) >= 11 is 0. The van der Waals surface area contributed by atoms with Gasteiger partial charge in [0.25, 0.3) is 5.91 Å². The van der Waals surface area contributed by atoms with Crippen LogP contribution in [-0.2, 0) is 28.7 Å². The molecule has 2 aromatic carbocycles. The molecule has 45 heavy (non-hydrogen) atoms. The van der Waals surface area contributed by atoms with Gasteiger partial charge in [-0.15, -0.1) is 13.2 Å². The number of carbonyl (C=O) groups excluding carboxylic acids is 4. The monoisotopic (exact) mass is 617 g/mol. The Balaban J connectivity index is 1.45. The molecule has 0 unspecified atom stereocenters. The summed E-state index contributed by atoms with van der Waals surface area (Å²) in [5, 5.41) is 15.1. The summed E-state index contributed by atoms with van der Waals surface area (Å²) < 4.78 is 12.3. The molecule has 0 aliphatic carbocycles. The fourth-order valence-electron chi connectivity index (χ4n) is 7.29. The van der Waals surface area contributed by atoms with Crippen LogP contribution in [0.5, 0.6) is 0 Å². The second-order valence-electron chi connectivity index (χ2n) is 12.2. The van der Waals surface area contributed by atoms with Gasteiger partial charge in [0.1, 0.15) is 17.7 Å². The van der Waals surface area contributed by atoms with Crippen LogP contribution in [0.25, 0.3) is 10.8 Å². The third kappa shape index (κ3) is 5.89. The quantitative estimate of drug-likeness (QED) is 0.246. The average molecular weight is 618 g/mol. The van der Waals surface area contributed by atoms with Crippen LogP contribution in [-0.4, -0.2) is 83.3 Å². The largest absolute Gasteiger partial charge is 0.460 e. The SMILES string of the molecule is C=CCCC(=O)NC[C@H](C)OC(=O)[C@@H]1[C@@H]2CC[C@]3(O2)[C@H](C(=O)N(CC=C)c2ccc4ccccc4c2)N([C@@H](CC)CO)C(=O)[C@@H]13. The van der Waals surface area contributed by atoms with Gasteiger partial charge in [-0.3, -0.25) is 19.2 Å². The number of rotatable bonds is 14. The Morgan fingerprint density at radius 3 is 2.64 bits per heavy atom. The number of aliphatic hydroxyl groups excluding tert-OH is 1. The zero-order chi connectivity index (χ0) is 32.3. The first-order valence-corrected chi connectivity index (χ1v) is 15.8. The highest BCUT2D eigenvalue weighted by molar-refractivity contribution is 6.05. The number of likely N-dealkylation sites (tertiary alicyclic amines) is 1. The van der Waals surface area contributed by atoms with Gasteiger partial charge >= 0.3 is 5.97 Å². The summed E-state index contributed by atoms with van der Waals surface area (Å²) in [5.41, 5.74) is -0.598. The number of nitrogens with one attached hydrogen (secondary N) is 1. The Morgan fingerprint density at radius 2 is 1.96 bits per heavy atom. The number of hydrogen-bond acceptors (Lipinski definition) is 7. The Hall–Kier alpha value is -4.02. The molecule has 0 radical (unpaired) electrons. The molecule has 2 N–H and O–H groups in total. The van der Waals surface area contributed by atoms with Gasteiger partial charge in [-0.1, -0.05) is 49.4 Å². The molecular formula is C35H43N3O7. The molecular weight excluding hydrogens is 574 g/mol. The molecule has 2 aromatic rings. The molecule has 240 valence electrons. The van der Waals surface area contributed by atoms with E-state index < -0.39 is 47.7 Å². The Morgan fingerprint density at radius 1 is 1.20 bits per heavy atom. The molecule has 3 saturated heterocycles. The minimum Gasteiger partial charge on any atom is -0.460 e. The summed E-state index contributed by atoms with van der Waals surface area (Å²) in [4.78, 5) is 57.8. The lowest BCUT2D eigenvalue weighted by Crippen LogP contribution is -2.59. The van der Waals surface area contributed by atoms with Crippen molar-refractivity contribution < 1.29 is 33.8 Å². The van der Waals surface area contributed by atoms with E-state index in [2.05, 4.69) is 18.5 Å². The maximum Gasteiger partial charge on any atom is 0.312 e. The Kier molecular flexibility index (Phi) is 9.74. The molecule has 7 atom stereocenters. The van der Waals surface area contributed by atoms with Crippen LogP contribution >= 0.6 is 0 Å². The molecule has 1 spiro atoms. The lowest BCUT2D eigenvalue weighted by Gasteiger charge is -2.39. The first-order chi connectivity index (χ1) is 21.7. The van der Waals surface area contributed by atoms with Crippen molar-refractivity contribution in [3.8, 4) is 0 Å². The first-order valence-electron chi connectivity index (χ1n) is 15.8. The van der Waals surface area contributed by atoms with Gasteiger partial charge in [-0.25, -0.2) is 0 Å². The van der Waals surface area contributed by atoms with Gasteiger partial charge in [0.2, 0.25) is 11.8 Å². The van der Waals surface area contributed by atoms with Gasteiger partial charge in [0.15, 0.2) is 0 Å². The number of anilines is 1. The van der Waals surface area contributed by atoms with Crippen molar-refractivity contribution in [3.63, 3.8) is 0 Å². The van der Waals surface area contributed by atoms with Crippen molar-refractivity contribution in [2.45, 2.75) is 75.8 Å². The second kappa shape index (κ2) is 13.5. The number of ether oxygens (including phenoxy) is 2. The van der Waals surface area contributed by atoms with E-state index in [4.69, 9.17) is 9.47 Å². The first kappa shape index (κ1) is 32.4. The van der Waals surface area contributed by atoms with Crippen LogP contribution in [0.4, 0.5) is 5.69 Å². The van der Waals surface area contributed by atoms with E-state index in [1.165, 1.54) is 4.90 Å². The lowest BCUT2D eigenvalue weighted by atomic mass is 9.70. The van der Waals surface area contributed by atoms with Gasteiger partial charge in [0.05, 0.1) is 37.1 Å². The molecule has 2 bridgehead atoms. The van der Waals surface area contributed by atoms with E-state index in [0.29, 0.717) is 37.8 Å². The zero-order valence-electron chi connectivity index (χ0n) is 26.0. The molecule has 3 amide bonds. The Labute approximate surface area is 264 Å². The lowest BCUT2D eigenvalue weighted by molar-refractivity contribution is -0.159. The number of carbonyl (C=O) groups is 4. The normalized spacial score (nSPS) is 26.3. The Bertz CT molecular complexity index is 1470. The summed E-state index contributed by atoms with van der Waals surface area (Å²) in [6, 6.07) is 11.9. The molecule has 10 nitrogen and oxygen atoms in total. The molecule has 3 heterocycles. The number of amides is 3. The highest BCUT2D eigenvalue weighted by atomic mass is 16.6. The number of esters is 1. The van der Waals surface area contributed by atoms with Gasteiger partial charge < -0.3 is 29.7 Å². The maximum absolute atomic E-state index is 14.7. The number of fused-ring (bicyclic) bond motifs is 2. The van der Waals surface area contributed by atoms with Crippen LogP contribution in [0.1, 0.15) is 46.0 Å². The van der Waals surface area contributed by atoms with Crippen LogP contribution in [0.3, 0.4) is 0 Å². The fourth-order valence-corrected chi connectivity index (χ4v) is 7.29. The topological polar surface area (TPSA) is 125 Å². The predicted molar refractivity (Wildman–Crippen MR) is 170 cm³/mol. The van der Waals surface area contributed by atoms with E-state index in [1.807, 2.05) is 49.4 Å².